The van der Waals surface area contributed by atoms with E-state index >= 15 is 0 Å². The summed E-state index contributed by atoms with van der Waals surface area (Å²) in [5.74, 6) is -1.00. The van der Waals surface area contributed by atoms with E-state index in [-0.39, 0.29) is 22.3 Å². The first-order valence-corrected chi connectivity index (χ1v) is 11.4. The first kappa shape index (κ1) is 24.3. The van der Waals surface area contributed by atoms with Crippen LogP contribution in [0.3, 0.4) is 0 Å². The van der Waals surface area contributed by atoms with Crippen LogP contribution in [0.4, 0.5) is 11.4 Å². The molecule has 0 radical (unpaired) electrons. The maximum absolute atomic E-state index is 12.9. The van der Waals surface area contributed by atoms with Gasteiger partial charge in [0.1, 0.15) is 10.6 Å². The lowest BCUT2D eigenvalue weighted by atomic mass is 10.1. The van der Waals surface area contributed by atoms with E-state index < -0.39 is 17.1 Å². The predicted octanol–water partition coefficient (Wildman–Crippen LogP) is 3.46. The topological polar surface area (TPSA) is 106 Å². The second-order valence-electron chi connectivity index (χ2n) is 7.16. The van der Waals surface area contributed by atoms with Gasteiger partial charge in [0.05, 0.1) is 22.2 Å². The summed E-state index contributed by atoms with van der Waals surface area (Å²) in [4.78, 5) is 42.1. The molecule has 10 heteroatoms. The quantitative estimate of drug-likeness (QED) is 0.410. The molecule has 0 bridgehead atoms. The van der Waals surface area contributed by atoms with E-state index in [9.17, 15) is 19.5 Å². The molecular weight excluding hydrogens is 464 g/mol. The third kappa shape index (κ3) is 5.55. The molecule has 3 rings (SSSR count). The molecule has 1 heterocycles. The van der Waals surface area contributed by atoms with E-state index in [2.05, 4.69) is 10.3 Å². The number of aryl methyl sites for hydroxylation is 1. The van der Waals surface area contributed by atoms with Crippen LogP contribution in [0.25, 0.3) is 0 Å². The van der Waals surface area contributed by atoms with E-state index in [1.807, 2.05) is 19.1 Å². The highest BCUT2D eigenvalue weighted by molar-refractivity contribution is 8.15. The van der Waals surface area contributed by atoms with Gasteiger partial charge in [-0.1, -0.05) is 54.6 Å². The number of hydrogen-bond acceptors (Lipinski definition) is 6. The summed E-state index contributed by atoms with van der Waals surface area (Å²) in [6.45, 7) is 2.03. The average molecular weight is 487 g/mol. The lowest BCUT2D eigenvalue weighted by Gasteiger charge is -2.13. The molecule has 0 fully saturated rings. The van der Waals surface area contributed by atoms with Crippen LogP contribution in [0, 0.1) is 0 Å². The van der Waals surface area contributed by atoms with Gasteiger partial charge < -0.3 is 10.4 Å². The number of carbonyl (C=O) groups is 1. The van der Waals surface area contributed by atoms with Crippen LogP contribution in [-0.2, 0) is 25.3 Å². The Kier molecular flexibility index (Phi) is 7.78. The van der Waals surface area contributed by atoms with E-state index in [0.29, 0.717) is 16.4 Å². The lowest BCUT2D eigenvalue weighted by Crippen LogP contribution is -2.39. The predicted molar refractivity (Wildman–Crippen MR) is 133 cm³/mol. The van der Waals surface area contributed by atoms with E-state index in [1.54, 1.807) is 36.4 Å². The molecule has 1 amide bonds. The number of nitrogens with zero attached hydrogens (tertiary/aromatic N) is 3. The number of aliphatic imine (C=N–C) groups is 1. The van der Waals surface area contributed by atoms with Gasteiger partial charge in [-0.3, -0.25) is 18.7 Å². The molecule has 8 nitrogen and oxygen atoms in total. The van der Waals surface area contributed by atoms with Gasteiger partial charge in [-0.05, 0) is 36.2 Å². The fraction of sp³-hybridized carbons (Fsp3) is 0.217. The van der Waals surface area contributed by atoms with Gasteiger partial charge >= 0.3 is 5.69 Å². The molecule has 0 saturated carbocycles. The molecule has 0 saturated heterocycles. The van der Waals surface area contributed by atoms with Crippen molar-refractivity contribution in [3.8, 4) is 5.88 Å². The summed E-state index contributed by atoms with van der Waals surface area (Å²) in [5.41, 5.74) is 0.571. The highest BCUT2D eigenvalue weighted by atomic mass is 35.5. The summed E-state index contributed by atoms with van der Waals surface area (Å²) in [7, 11) is 2.67. The summed E-state index contributed by atoms with van der Waals surface area (Å²) in [6, 6.07) is 14.2. The van der Waals surface area contributed by atoms with Crippen LogP contribution in [-0.4, -0.2) is 30.9 Å². The van der Waals surface area contributed by atoms with Crippen molar-refractivity contribution in [1.82, 2.24) is 9.13 Å². The first-order valence-electron chi connectivity index (χ1n) is 10.1. The van der Waals surface area contributed by atoms with Crippen molar-refractivity contribution in [2.24, 2.45) is 19.1 Å². The first-order chi connectivity index (χ1) is 15.7. The number of aromatic nitrogens is 2. The third-order valence-electron chi connectivity index (χ3n) is 4.91. The number of para-hydroxylation sites is 1. The molecular formula is C23H23ClN4O4S. The number of hydrogen-bond donors (Lipinski definition) is 2. The normalized spacial score (nSPS) is 11.5. The smallest absolute Gasteiger partial charge is 0.333 e. The molecule has 2 N–H and O–H groups in total. The Bertz CT molecular complexity index is 1330. The van der Waals surface area contributed by atoms with Crippen molar-refractivity contribution in [1.29, 1.82) is 0 Å². The molecule has 33 heavy (non-hydrogen) atoms. The number of carbonyl (C=O) groups excluding carboxylic acids is 1. The van der Waals surface area contributed by atoms with Gasteiger partial charge in [0.2, 0.25) is 11.8 Å². The van der Waals surface area contributed by atoms with Crippen molar-refractivity contribution in [3.63, 3.8) is 0 Å². The SMILES string of the molecule is CCc1ccc(N=C(SCC(=O)Nc2ccccc2Cl)c2c(O)n(C)c(=O)n(C)c2=O)cc1. The number of amides is 1. The second-order valence-corrected chi connectivity index (χ2v) is 8.53. The Balaban J connectivity index is 1.99. The Labute approximate surface area is 199 Å². The van der Waals surface area contributed by atoms with E-state index in [1.165, 1.54) is 14.1 Å². The standard InChI is InChI=1S/C23H23ClN4O4S/c1-4-14-9-11-15(12-10-14)25-20(19-21(30)27(2)23(32)28(3)22(19)31)33-13-18(29)26-17-8-6-5-7-16(17)24/h5-12,30H,4,13H2,1-3H3,(H,26,29). The monoisotopic (exact) mass is 486 g/mol. The van der Waals surface area contributed by atoms with Crippen LogP contribution in [0.15, 0.2) is 63.1 Å². The zero-order valence-corrected chi connectivity index (χ0v) is 19.9. The van der Waals surface area contributed by atoms with Crippen LogP contribution >= 0.6 is 23.4 Å². The van der Waals surface area contributed by atoms with Crippen LogP contribution in [0.2, 0.25) is 5.02 Å². The van der Waals surface area contributed by atoms with Crippen LogP contribution in [0.1, 0.15) is 18.1 Å². The molecule has 0 aliphatic heterocycles. The lowest BCUT2D eigenvalue weighted by molar-refractivity contribution is -0.113. The number of anilines is 1. The van der Waals surface area contributed by atoms with Crippen LogP contribution < -0.4 is 16.6 Å². The van der Waals surface area contributed by atoms with Gasteiger partial charge in [0.25, 0.3) is 5.56 Å². The van der Waals surface area contributed by atoms with Gasteiger partial charge in [-0.2, -0.15) is 0 Å². The fourth-order valence-corrected chi connectivity index (χ4v) is 4.00. The van der Waals surface area contributed by atoms with Crippen molar-refractivity contribution < 1.29 is 9.90 Å². The molecule has 0 unspecified atom stereocenters. The molecule has 0 aliphatic rings. The van der Waals surface area contributed by atoms with Crippen molar-refractivity contribution in [3.05, 3.63) is 85.5 Å². The number of halogens is 1. The summed E-state index contributed by atoms with van der Waals surface area (Å²) >= 11 is 7.07. The number of nitrogens with one attached hydrogen (secondary N) is 1. The molecule has 172 valence electrons. The highest BCUT2D eigenvalue weighted by Crippen LogP contribution is 2.25. The molecule has 2 aromatic carbocycles. The number of aromatic hydroxyl groups is 1. The minimum Gasteiger partial charge on any atom is -0.494 e. The van der Waals surface area contributed by atoms with Crippen molar-refractivity contribution in [2.45, 2.75) is 13.3 Å². The van der Waals surface area contributed by atoms with Crippen LogP contribution in [0.5, 0.6) is 5.88 Å². The van der Waals surface area contributed by atoms with E-state index in [4.69, 9.17) is 11.6 Å². The fourth-order valence-electron chi connectivity index (χ4n) is 2.99. The summed E-state index contributed by atoms with van der Waals surface area (Å²) in [6.07, 6.45) is 0.857. The van der Waals surface area contributed by atoms with Crippen molar-refractivity contribution in [2.75, 3.05) is 11.1 Å². The zero-order valence-electron chi connectivity index (χ0n) is 18.3. The highest BCUT2D eigenvalue weighted by Gasteiger charge is 2.22. The molecule has 0 spiro atoms. The molecule has 0 atom stereocenters. The number of rotatable bonds is 6. The van der Waals surface area contributed by atoms with Gasteiger partial charge in [-0.25, -0.2) is 9.79 Å². The second kappa shape index (κ2) is 10.5. The Morgan fingerprint density at radius 2 is 1.76 bits per heavy atom. The minimum absolute atomic E-state index is 0.109. The maximum atomic E-state index is 12.9. The third-order valence-corrected chi connectivity index (χ3v) is 6.22. The largest absolute Gasteiger partial charge is 0.494 e. The van der Waals surface area contributed by atoms with Gasteiger partial charge in [0, 0.05) is 14.1 Å². The van der Waals surface area contributed by atoms with Gasteiger partial charge in [-0.15, -0.1) is 0 Å². The number of benzene rings is 2. The zero-order chi connectivity index (χ0) is 24.1. The average Bonchev–Trinajstić information content (AvgIpc) is 2.82. The van der Waals surface area contributed by atoms with Gasteiger partial charge in [0.15, 0.2) is 0 Å². The number of thioether (sulfide) groups is 1. The molecule has 1 aromatic heterocycles. The molecule has 0 aliphatic carbocycles. The van der Waals surface area contributed by atoms with E-state index in [0.717, 1.165) is 32.9 Å². The Hall–Kier alpha value is -3.30. The molecule has 3 aromatic rings. The minimum atomic E-state index is -0.710. The Morgan fingerprint density at radius 1 is 1.09 bits per heavy atom. The summed E-state index contributed by atoms with van der Waals surface area (Å²) < 4.78 is 1.84. The van der Waals surface area contributed by atoms with Crippen molar-refractivity contribution >= 4 is 45.7 Å². The Morgan fingerprint density at radius 3 is 2.39 bits per heavy atom. The maximum Gasteiger partial charge on any atom is 0.333 e. The summed E-state index contributed by atoms with van der Waals surface area (Å²) in [5, 5.41) is 13.8.